The van der Waals surface area contributed by atoms with Crippen LogP contribution < -0.4 is 5.32 Å². The summed E-state index contributed by atoms with van der Waals surface area (Å²) in [4.78, 5) is 12.3. The van der Waals surface area contributed by atoms with Crippen molar-refractivity contribution in [2.24, 2.45) is 0 Å². The third-order valence-corrected chi connectivity index (χ3v) is 3.79. The van der Waals surface area contributed by atoms with Crippen LogP contribution in [0, 0.1) is 11.8 Å². The Morgan fingerprint density at radius 3 is 2.50 bits per heavy atom. The van der Waals surface area contributed by atoms with E-state index in [0.29, 0.717) is 5.56 Å². The number of carbonyl (C=O) groups excluding carboxylic acids is 1. The van der Waals surface area contributed by atoms with Gasteiger partial charge >= 0.3 is 6.18 Å². The van der Waals surface area contributed by atoms with Crippen LogP contribution in [0.3, 0.4) is 0 Å². The molecular weight excluding hydrogens is 339 g/mol. The van der Waals surface area contributed by atoms with Gasteiger partial charge in [0.2, 0.25) is 0 Å². The summed E-state index contributed by atoms with van der Waals surface area (Å²) in [6.07, 6.45) is -4.40. The number of amides is 1. The topological polar surface area (TPSA) is 29.1 Å². The van der Waals surface area contributed by atoms with Gasteiger partial charge in [-0.3, -0.25) is 4.79 Å². The highest BCUT2D eigenvalue weighted by molar-refractivity contribution is 6.07. The number of fused-ring (bicyclic) bond motifs is 1. The minimum atomic E-state index is -4.40. The quantitative estimate of drug-likeness (QED) is 0.668. The Bertz CT molecular complexity index is 1010. The summed E-state index contributed by atoms with van der Waals surface area (Å²) in [6, 6.07) is 17.7. The predicted octanol–water partition coefficient (Wildman–Crippen LogP) is 4.64. The smallest absolute Gasteiger partial charge is 0.341 e. The van der Waals surface area contributed by atoms with Gasteiger partial charge in [0.15, 0.2) is 0 Å². The number of hydrogen-bond acceptors (Lipinski definition) is 1. The first kappa shape index (κ1) is 17.6. The SMILES string of the molecule is O=C(NCC#Cc1cccc(C(F)(F)F)c1)c1cccc2ccccc12. The zero-order valence-corrected chi connectivity index (χ0v) is 13.6. The fraction of sp³-hybridized carbons (Fsp3) is 0.0952. The van der Waals surface area contributed by atoms with Gasteiger partial charge < -0.3 is 5.32 Å². The lowest BCUT2D eigenvalue weighted by Gasteiger charge is -2.06. The van der Waals surface area contributed by atoms with Gasteiger partial charge in [0, 0.05) is 11.1 Å². The average molecular weight is 353 g/mol. The molecule has 0 spiro atoms. The molecule has 1 N–H and O–H groups in total. The predicted molar refractivity (Wildman–Crippen MR) is 94.6 cm³/mol. The molecule has 0 unspecified atom stereocenters. The highest BCUT2D eigenvalue weighted by Crippen LogP contribution is 2.29. The van der Waals surface area contributed by atoms with Crippen molar-refractivity contribution in [1.82, 2.24) is 5.32 Å². The summed E-state index contributed by atoms with van der Waals surface area (Å²) < 4.78 is 38.0. The number of alkyl halides is 3. The molecule has 0 saturated heterocycles. The van der Waals surface area contributed by atoms with E-state index in [1.165, 1.54) is 12.1 Å². The maximum atomic E-state index is 12.7. The van der Waals surface area contributed by atoms with E-state index in [4.69, 9.17) is 0 Å². The lowest BCUT2D eigenvalue weighted by atomic mass is 10.0. The van der Waals surface area contributed by atoms with E-state index >= 15 is 0 Å². The van der Waals surface area contributed by atoms with Crippen LogP contribution in [-0.2, 0) is 6.18 Å². The van der Waals surface area contributed by atoms with Crippen LogP contribution in [0.25, 0.3) is 10.8 Å². The molecule has 3 aromatic carbocycles. The first-order valence-corrected chi connectivity index (χ1v) is 7.87. The van der Waals surface area contributed by atoms with E-state index in [-0.39, 0.29) is 18.0 Å². The lowest BCUT2D eigenvalue weighted by molar-refractivity contribution is -0.137. The molecule has 2 nitrogen and oxygen atoms in total. The molecule has 0 aliphatic heterocycles. The second-order valence-electron chi connectivity index (χ2n) is 5.59. The fourth-order valence-electron chi connectivity index (χ4n) is 2.56. The van der Waals surface area contributed by atoms with E-state index in [9.17, 15) is 18.0 Å². The van der Waals surface area contributed by atoms with Crippen molar-refractivity contribution in [3.63, 3.8) is 0 Å². The minimum absolute atomic E-state index is 0.0400. The largest absolute Gasteiger partial charge is 0.416 e. The summed E-state index contributed by atoms with van der Waals surface area (Å²) in [5.74, 6) is 5.04. The molecule has 0 atom stereocenters. The summed E-state index contributed by atoms with van der Waals surface area (Å²) in [5.41, 5.74) is 0.0345. The average Bonchev–Trinajstić information content (AvgIpc) is 2.64. The van der Waals surface area contributed by atoms with Crippen molar-refractivity contribution < 1.29 is 18.0 Å². The Labute approximate surface area is 148 Å². The lowest BCUT2D eigenvalue weighted by Crippen LogP contribution is -2.23. The van der Waals surface area contributed by atoms with Gasteiger partial charge in [0.05, 0.1) is 12.1 Å². The molecule has 0 heterocycles. The number of rotatable bonds is 2. The van der Waals surface area contributed by atoms with Crippen molar-refractivity contribution >= 4 is 16.7 Å². The maximum Gasteiger partial charge on any atom is 0.416 e. The fourth-order valence-corrected chi connectivity index (χ4v) is 2.56. The van der Waals surface area contributed by atoms with E-state index in [1.807, 2.05) is 30.3 Å². The van der Waals surface area contributed by atoms with Crippen LogP contribution in [0.1, 0.15) is 21.5 Å². The second kappa shape index (κ2) is 7.32. The first-order valence-electron chi connectivity index (χ1n) is 7.87. The second-order valence-corrected chi connectivity index (χ2v) is 5.59. The minimum Gasteiger partial charge on any atom is -0.341 e. The zero-order valence-electron chi connectivity index (χ0n) is 13.6. The molecule has 0 saturated carbocycles. The van der Waals surface area contributed by atoms with Crippen LogP contribution in [0.5, 0.6) is 0 Å². The normalized spacial score (nSPS) is 10.9. The monoisotopic (exact) mass is 353 g/mol. The molecule has 0 aliphatic rings. The third kappa shape index (κ3) is 4.04. The molecule has 26 heavy (non-hydrogen) atoms. The molecule has 3 rings (SSSR count). The first-order chi connectivity index (χ1) is 12.4. The van der Waals surface area contributed by atoms with Crippen molar-refractivity contribution in [2.75, 3.05) is 6.54 Å². The summed E-state index contributed by atoms with van der Waals surface area (Å²) >= 11 is 0. The van der Waals surface area contributed by atoms with Gasteiger partial charge in [-0.25, -0.2) is 0 Å². The molecule has 3 aromatic rings. The van der Waals surface area contributed by atoms with Crippen molar-refractivity contribution in [3.05, 3.63) is 83.4 Å². The Hall–Kier alpha value is -3.26. The van der Waals surface area contributed by atoms with Crippen molar-refractivity contribution in [2.45, 2.75) is 6.18 Å². The van der Waals surface area contributed by atoms with Crippen molar-refractivity contribution in [3.8, 4) is 11.8 Å². The van der Waals surface area contributed by atoms with Crippen molar-refractivity contribution in [1.29, 1.82) is 0 Å². The third-order valence-electron chi connectivity index (χ3n) is 3.79. The van der Waals surface area contributed by atoms with Gasteiger partial charge in [-0.15, -0.1) is 0 Å². The summed E-state index contributed by atoms with van der Waals surface area (Å²) in [6.45, 7) is 0.0400. The molecule has 0 aromatic heterocycles. The Balaban J connectivity index is 1.69. The summed E-state index contributed by atoms with van der Waals surface area (Å²) in [5, 5.41) is 4.46. The molecule has 0 bridgehead atoms. The molecular formula is C21H14F3NO. The van der Waals surface area contributed by atoms with E-state index in [0.717, 1.165) is 22.9 Å². The van der Waals surface area contributed by atoms with Gasteiger partial charge in [0.1, 0.15) is 0 Å². The Kier molecular flexibility index (Phi) is 4.94. The van der Waals surface area contributed by atoms with E-state index in [2.05, 4.69) is 17.2 Å². The Morgan fingerprint density at radius 1 is 0.962 bits per heavy atom. The molecule has 130 valence electrons. The van der Waals surface area contributed by atoms with E-state index in [1.54, 1.807) is 12.1 Å². The van der Waals surface area contributed by atoms with Crippen LogP contribution in [0.4, 0.5) is 13.2 Å². The molecule has 0 aliphatic carbocycles. The number of carbonyl (C=O) groups is 1. The van der Waals surface area contributed by atoms with Crippen LogP contribution >= 0.6 is 0 Å². The van der Waals surface area contributed by atoms with E-state index < -0.39 is 11.7 Å². The standard InChI is InChI=1S/C21H14F3NO/c22-21(23,24)17-10-3-6-15(14-17)7-5-13-25-20(26)19-12-4-9-16-8-1-2-11-18(16)19/h1-4,6,8-12,14H,13H2,(H,25,26). The van der Waals surface area contributed by atoms with Crippen LogP contribution in [0.2, 0.25) is 0 Å². The number of hydrogen-bond donors (Lipinski definition) is 1. The number of nitrogens with one attached hydrogen (secondary N) is 1. The van der Waals surface area contributed by atoms with Gasteiger partial charge in [-0.1, -0.05) is 54.3 Å². The zero-order chi connectivity index (χ0) is 18.6. The number of benzene rings is 3. The van der Waals surface area contributed by atoms with Gasteiger partial charge in [-0.2, -0.15) is 13.2 Å². The summed E-state index contributed by atoms with van der Waals surface area (Å²) in [7, 11) is 0. The van der Waals surface area contributed by atoms with Crippen LogP contribution in [0.15, 0.2) is 66.7 Å². The molecule has 0 fully saturated rings. The molecule has 0 radical (unpaired) electrons. The van der Waals surface area contributed by atoms with Gasteiger partial charge in [-0.05, 0) is 35.0 Å². The number of halogens is 3. The molecule has 5 heteroatoms. The Morgan fingerprint density at radius 2 is 1.69 bits per heavy atom. The van der Waals surface area contributed by atoms with Gasteiger partial charge in [0.25, 0.3) is 5.91 Å². The molecule has 1 amide bonds. The maximum absolute atomic E-state index is 12.7. The highest BCUT2D eigenvalue weighted by atomic mass is 19.4. The highest BCUT2D eigenvalue weighted by Gasteiger charge is 2.30. The van der Waals surface area contributed by atoms with Crippen LogP contribution in [-0.4, -0.2) is 12.5 Å².